The van der Waals surface area contributed by atoms with Crippen LogP contribution in [0.4, 0.5) is 13.9 Å². The summed E-state index contributed by atoms with van der Waals surface area (Å²) in [4.78, 5) is 16.5. The van der Waals surface area contributed by atoms with Crippen LogP contribution in [0.3, 0.4) is 0 Å². The summed E-state index contributed by atoms with van der Waals surface area (Å²) in [6, 6.07) is 7.31. The fraction of sp³-hybridized carbons (Fsp3) is 0.125. The molecule has 0 spiro atoms. The first kappa shape index (κ1) is 16.1. The highest BCUT2D eigenvalue weighted by atomic mass is 32.1. The average molecular weight is 350 g/mol. The predicted molar refractivity (Wildman–Crippen MR) is 87.0 cm³/mol. The summed E-state index contributed by atoms with van der Waals surface area (Å²) in [6.45, 7) is 0. The summed E-state index contributed by atoms with van der Waals surface area (Å²) in [5, 5.41) is 2.80. The summed E-state index contributed by atoms with van der Waals surface area (Å²) < 4.78 is 38.1. The molecule has 0 aliphatic rings. The van der Waals surface area contributed by atoms with Crippen molar-refractivity contribution in [2.45, 2.75) is 0 Å². The number of thiazole rings is 1. The molecule has 124 valence electrons. The van der Waals surface area contributed by atoms with E-state index in [0.29, 0.717) is 16.4 Å². The van der Waals surface area contributed by atoms with Crippen LogP contribution in [0.2, 0.25) is 0 Å². The smallest absolute Gasteiger partial charge is 0.260 e. The number of rotatable bonds is 4. The molecule has 2 aromatic carbocycles. The van der Waals surface area contributed by atoms with E-state index in [0.717, 1.165) is 23.9 Å². The molecule has 1 N–H and O–H groups in total. The molecule has 24 heavy (non-hydrogen) atoms. The number of methoxy groups -OCH3 is 2. The number of ether oxygens (including phenoxy) is 2. The Kier molecular flexibility index (Phi) is 4.30. The van der Waals surface area contributed by atoms with E-state index in [1.54, 1.807) is 25.3 Å². The third-order valence-electron chi connectivity index (χ3n) is 3.31. The van der Waals surface area contributed by atoms with Crippen molar-refractivity contribution in [3.05, 3.63) is 47.5 Å². The van der Waals surface area contributed by atoms with Crippen molar-refractivity contribution in [3.63, 3.8) is 0 Å². The van der Waals surface area contributed by atoms with Crippen LogP contribution in [0.25, 0.3) is 10.2 Å². The summed E-state index contributed by atoms with van der Waals surface area (Å²) in [5.41, 5.74) is 0.346. The number of benzene rings is 2. The zero-order chi connectivity index (χ0) is 17.3. The zero-order valence-electron chi connectivity index (χ0n) is 12.7. The zero-order valence-corrected chi connectivity index (χ0v) is 13.5. The van der Waals surface area contributed by atoms with Gasteiger partial charge in [0.2, 0.25) is 0 Å². The van der Waals surface area contributed by atoms with E-state index in [9.17, 15) is 13.6 Å². The van der Waals surface area contributed by atoms with Gasteiger partial charge in [-0.1, -0.05) is 11.3 Å². The first-order valence-corrected chi connectivity index (χ1v) is 7.63. The van der Waals surface area contributed by atoms with Gasteiger partial charge in [-0.15, -0.1) is 0 Å². The maximum Gasteiger partial charge on any atom is 0.260 e. The van der Waals surface area contributed by atoms with Gasteiger partial charge in [0.25, 0.3) is 5.91 Å². The molecule has 0 saturated carbocycles. The van der Waals surface area contributed by atoms with Crippen LogP contribution >= 0.6 is 11.3 Å². The largest absolute Gasteiger partial charge is 0.497 e. The van der Waals surface area contributed by atoms with Gasteiger partial charge >= 0.3 is 0 Å². The second-order valence-electron chi connectivity index (χ2n) is 4.75. The van der Waals surface area contributed by atoms with Gasteiger partial charge in [-0.05, 0) is 30.3 Å². The van der Waals surface area contributed by atoms with Gasteiger partial charge < -0.3 is 9.47 Å². The molecular weight excluding hydrogens is 338 g/mol. The topological polar surface area (TPSA) is 60.5 Å². The average Bonchev–Trinajstić information content (AvgIpc) is 2.96. The summed E-state index contributed by atoms with van der Waals surface area (Å²) in [5.74, 6) is -2.61. The van der Waals surface area contributed by atoms with E-state index in [1.165, 1.54) is 11.3 Å². The number of hydrogen-bond donors (Lipinski definition) is 1. The van der Waals surface area contributed by atoms with Crippen LogP contribution in [-0.4, -0.2) is 25.1 Å². The summed E-state index contributed by atoms with van der Waals surface area (Å²) >= 11 is 1.22. The number of hydrogen-bond acceptors (Lipinski definition) is 5. The molecular formula is C16H12F2N2O3S. The van der Waals surface area contributed by atoms with Crippen molar-refractivity contribution in [1.82, 2.24) is 4.98 Å². The lowest BCUT2D eigenvalue weighted by atomic mass is 10.2. The van der Waals surface area contributed by atoms with Crippen LogP contribution in [0, 0.1) is 11.6 Å². The molecule has 1 heterocycles. The van der Waals surface area contributed by atoms with Crippen molar-refractivity contribution in [3.8, 4) is 11.5 Å². The minimum Gasteiger partial charge on any atom is -0.497 e. The van der Waals surface area contributed by atoms with Gasteiger partial charge in [0.05, 0.1) is 30.0 Å². The SMILES string of the molecule is COc1ccc2nc(NC(=O)c3ccc(F)c(OC)c3F)sc2c1. The normalized spacial score (nSPS) is 10.7. The van der Waals surface area contributed by atoms with Crippen molar-refractivity contribution < 1.29 is 23.0 Å². The van der Waals surface area contributed by atoms with E-state index in [-0.39, 0.29) is 5.56 Å². The molecule has 0 fully saturated rings. The van der Waals surface area contributed by atoms with Crippen molar-refractivity contribution in [2.24, 2.45) is 0 Å². The van der Waals surface area contributed by atoms with Crippen LogP contribution in [-0.2, 0) is 0 Å². The number of fused-ring (bicyclic) bond motifs is 1. The highest BCUT2D eigenvalue weighted by molar-refractivity contribution is 7.22. The quantitative estimate of drug-likeness (QED) is 0.777. The maximum absolute atomic E-state index is 14.1. The Hall–Kier alpha value is -2.74. The number of carbonyl (C=O) groups excluding carboxylic acids is 1. The van der Waals surface area contributed by atoms with Crippen molar-refractivity contribution >= 4 is 32.6 Å². The Morgan fingerprint density at radius 1 is 1.17 bits per heavy atom. The molecule has 5 nitrogen and oxygen atoms in total. The Morgan fingerprint density at radius 3 is 2.67 bits per heavy atom. The van der Waals surface area contributed by atoms with Crippen molar-refractivity contribution in [2.75, 3.05) is 19.5 Å². The molecule has 3 aromatic rings. The van der Waals surface area contributed by atoms with Gasteiger partial charge in [0.1, 0.15) is 5.75 Å². The lowest BCUT2D eigenvalue weighted by Crippen LogP contribution is -2.14. The fourth-order valence-electron chi connectivity index (χ4n) is 2.14. The van der Waals surface area contributed by atoms with E-state index >= 15 is 0 Å². The molecule has 0 aliphatic carbocycles. The molecule has 0 unspecified atom stereocenters. The number of carbonyl (C=O) groups is 1. The minimum atomic E-state index is -1.06. The number of nitrogens with one attached hydrogen (secondary N) is 1. The van der Waals surface area contributed by atoms with Gasteiger partial charge in [-0.3, -0.25) is 10.1 Å². The molecule has 0 aliphatic heterocycles. The highest BCUT2D eigenvalue weighted by Crippen LogP contribution is 2.30. The molecule has 0 atom stereocenters. The van der Waals surface area contributed by atoms with E-state index < -0.39 is 23.3 Å². The van der Waals surface area contributed by atoms with Crippen LogP contribution in [0.15, 0.2) is 30.3 Å². The number of nitrogens with zero attached hydrogens (tertiary/aromatic N) is 1. The Bertz CT molecular complexity index is 927. The molecule has 0 bridgehead atoms. The Labute approximate surface area is 139 Å². The Morgan fingerprint density at radius 2 is 1.96 bits per heavy atom. The van der Waals surface area contributed by atoms with E-state index in [4.69, 9.17) is 4.74 Å². The number of aromatic nitrogens is 1. The van der Waals surface area contributed by atoms with Crippen molar-refractivity contribution in [1.29, 1.82) is 0 Å². The highest BCUT2D eigenvalue weighted by Gasteiger charge is 2.20. The Balaban J connectivity index is 1.90. The standard InChI is InChI=1S/C16H12F2N2O3S/c1-22-8-3-6-11-12(7-8)24-16(19-11)20-15(21)9-4-5-10(17)14(23-2)13(9)18/h3-7H,1-2H3,(H,19,20,21). The molecule has 0 saturated heterocycles. The lowest BCUT2D eigenvalue weighted by Gasteiger charge is -2.07. The molecule has 0 radical (unpaired) electrons. The molecule has 3 rings (SSSR count). The molecule has 8 heteroatoms. The third kappa shape index (κ3) is 2.88. The second kappa shape index (κ2) is 6.40. The lowest BCUT2D eigenvalue weighted by molar-refractivity contribution is 0.102. The maximum atomic E-state index is 14.1. The summed E-state index contributed by atoms with van der Waals surface area (Å²) in [7, 11) is 2.68. The predicted octanol–water partition coefficient (Wildman–Crippen LogP) is 3.84. The number of anilines is 1. The third-order valence-corrected chi connectivity index (χ3v) is 4.25. The number of halogens is 2. The van der Waals surface area contributed by atoms with Crippen LogP contribution in [0.5, 0.6) is 11.5 Å². The second-order valence-corrected chi connectivity index (χ2v) is 5.78. The van der Waals surface area contributed by atoms with Gasteiger partial charge in [0.15, 0.2) is 22.5 Å². The minimum absolute atomic E-state index is 0.297. The monoisotopic (exact) mass is 350 g/mol. The van der Waals surface area contributed by atoms with Gasteiger partial charge in [-0.25, -0.2) is 13.8 Å². The molecule has 1 amide bonds. The fourth-order valence-corrected chi connectivity index (χ4v) is 3.03. The molecule has 1 aromatic heterocycles. The van der Waals surface area contributed by atoms with Gasteiger partial charge in [-0.2, -0.15) is 0 Å². The van der Waals surface area contributed by atoms with Crippen LogP contribution in [0.1, 0.15) is 10.4 Å². The summed E-state index contributed by atoms with van der Waals surface area (Å²) in [6.07, 6.45) is 0. The first-order valence-electron chi connectivity index (χ1n) is 6.81. The van der Waals surface area contributed by atoms with E-state index in [1.807, 2.05) is 0 Å². The van der Waals surface area contributed by atoms with Gasteiger partial charge in [0, 0.05) is 0 Å². The van der Waals surface area contributed by atoms with Crippen LogP contribution < -0.4 is 14.8 Å². The first-order chi connectivity index (χ1) is 11.5. The number of amides is 1. The van der Waals surface area contributed by atoms with E-state index in [2.05, 4.69) is 15.0 Å².